The third-order valence-electron chi connectivity index (χ3n) is 2.78. The molecule has 1 aromatic carbocycles. The first-order chi connectivity index (χ1) is 8.08. The van der Waals surface area contributed by atoms with Crippen molar-refractivity contribution in [2.75, 3.05) is 20.8 Å². The maximum atomic E-state index is 13.6. The Morgan fingerprint density at radius 2 is 2.06 bits per heavy atom. The smallest absolute Gasteiger partial charge is 0.130 e. The number of ether oxygens (including phenoxy) is 1. The van der Waals surface area contributed by atoms with Crippen molar-refractivity contribution in [2.24, 2.45) is 5.92 Å². The van der Waals surface area contributed by atoms with Crippen LogP contribution in [0.15, 0.2) is 18.2 Å². The highest BCUT2D eigenvalue weighted by molar-refractivity contribution is 5.22. The summed E-state index contributed by atoms with van der Waals surface area (Å²) in [5.74, 6) is -0.748. The van der Waals surface area contributed by atoms with E-state index in [1.54, 1.807) is 14.2 Å². The van der Waals surface area contributed by atoms with Crippen molar-refractivity contribution in [3.63, 3.8) is 0 Å². The van der Waals surface area contributed by atoms with E-state index in [0.29, 0.717) is 18.1 Å². The first kappa shape index (κ1) is 14.1. The molecule has 0 heterocycles. The summed E-state index contributed by atoms with van der Waals surface area (Å²) >= 11 is 0. The summed E-state index contributed by atoms with van der Waals surface area (Å²) in [7, 11) is 3.41. The molecule has 96 valence electrons. The van der Waals surface area contributed by atoms with Crippen LogP contribution in [0, 0.1) is 17.6 Å². The monoisotopic (exact) mass is 243 g/mol. The minimum atomic E-state index is -0.550. The fourth-order valence-electron chi connectivity index (χ4n) is 1.94. The van der Waals surface area contributed by atoms with Gasteiger partial charge in [0.15, 0.2) is 0 Å². The Bertz CT molecular complexity index is 357. The van der Waals surface area contributed by atoms with Gasteiger partial charge in [0.05, 0.1) is 0 Å². The molecule has 0 aliphatic rings. The van der Waals surface area contributed by atoms with E-state index in [1.807, 2.05) is 6.92 Å². The number of nitrogens with one attached hydrogen (secondary N) is 1. The fourth-order valence-corrected chi connectivity index (χ4v) is 1.94. The van der Waals surface area contributed by atoms with Crippen LogP contribution in [0.3, 0.4) is 0 Å². The van der Waals surface area contributed by atoms with Gasteiger partial charge in [0.1, 0.15) is 11.6 Å². The predicted octanol–water partition coefficient (Wildman–Crippen LogP) is 2.90. The molecule has 1 N–H and O–H groups in total. The van der Waals surface area contributed by atoms with Crippen LogP contribution in [0.5, 0.6) is 0 Å². The minimum absolute atomic E-state index is 0.124. The molecule has 0 amide bonds. The number of hydrogen-bond donors (Lipinski definition) is 1. The van der Waals surface area contributed by atoms with Crippen LogP contribution in [-0.4, -0.2) is 20.8 Å². The highest BCUT2D eigenvalue weighted by atomic mass is 19.1. The largest absolute Gasteiger partial charge is 0.384 e. The molecule has 0 saturated heterocycles. The summed E-state index contributed by atoms with van der Waals surface area (Å²) in [5.41, 5.74) is 0.497. The number of methoxy groups -OCH3 is 1. The third-order valence-corrected chi connectivity index (χ3v) is 2.78. The van der Waals surface area contributed by atoms with Gasteiger partial charge in [0.2, 0.25) is 0 Å². The topological polar surface area (TPSA) is 21.3 Å². The van der Waals surface area contributed by atoms with E-state index >= 15 is 0 Å². The second-order valence-corrected chi connectivity index (χ2v) is 4.30. The highest BCUT2D eigenvalue weighted by Crippen LogP contribution is 2.24. The fraction of sp³-hybridized carbons (Fsp3) is 0.538. The zero-order valence-electron chi connectivity index (χ0n) is 10.5. The zero-order valence-corrected chi connectivity index (χ0v) is 10.5. The molecule has 0 aliphatic carbocycles. The Morgan fingerprint density at radius 3 is 2.59 bits per heavy atom. The maximum absolute atomic E-state index is 13.6. The average Bonchev–Trinajstić information content (AvgIpc) is 2.27. The first-order valence-electron chi connectivity index (χ1n) is 5.69. The van der Waals surface area contributed by atoms with Crippen LogP contribution in [0.2, 0.25) is 0 Å². The molecule has 0 aliphatic heterocycles. The quantitative estimate of drug-likeness (QED) is 0.829. The molecular formula is C13H19F2NO. The lowest BCUT2D eigenvalue weighted by atomic mass is 9.96. The molecule has 4 heteroatoms. The van der Waals surface area contributed by atoms with Gasteiger partial charge in [-0.2, -0.15) is 0 Å². The lowest BCUT2D eigenvalue weighted by molar-refractivity contribution is 0.149. The Balaban J connectivity index is 2.79. The van der Waals surface area contributed by atoms with Crippen LogP contribution in [0.4, 0.5) is 8.78 Å². The van der Waals surface area contributed by atoms with E-state index < -0.39 is 11.6 Å². The summed E-state index contributed by atoms with van der Waals surface area (Å²) < 4.78 is 31.5. The number of rotatable bonds is 6. The van der Waals surface area contributed by atoms with Crippen LogP contribution < -0.4 is 5.32 Å². The predicted molar refractivity (Wildman–Crippen MR) is 63.8 cm³/mol. The van der Waals surface area contributed by atoms with Crippen molar-refractivity contribution in [3.05, 3.63) is 35.4 Å². The number of halogens is 2. The Hall–Kier alpha value is -1.00. The van der Waals surface area contributed by atoms with E-state index in [9.17, 15) is 8.78 Å². The van der Waals surface area contributed by atoms with Crippen molar-refractivity contribution in [3.8, 4) is 0 Å². The SMILES string of the molecule is CNC(CC(C)COC)c1ccc(F)cc1F. The lowest BCUT2D eigenvalue weighted by Gasteiger charge is -2.21. The van der Waals surface area contributed by atoms with E-state index in [1.165, 1.54) is 12.1 Å². The van der Waals surface area contributed by atoms with Crippen molar-refractivity contribution < 1.29 is 13.5 Å². The van der Waals surface area contributed by atoms with E-state index in [4.69, 9.17) is 4.74 Å². The van der Waals surface area contributed by atoms with Gasteiger partial charge in [-0.15, -0.1) is 0 Å². The molecule has 2 nitrogen and oxygen atoms in total. The second-order valence-electron chi connectivity index (χ2n) is 4.30. The molecule has 0 saturated carbocycles. The van der Waals surface area contributed by atoms with Gasteiger partial charge < -0.3 is 10.1 Å². The van der Waals surface area contributed by atoms with Gasteiger partial charge >= 0.3 is 0 Å². The standard InChI is InChI=1S/C13H19F2NO/c1-9(8-17-3)6-13(16-2)11-5-4-10(14)7-12(11)15/h4-5,7,9,13,16H,6,8H2,1-3H3. The highest BCUT2D eigenvalue weighted by Gasteiger charge is 2.17. The molecule has 0 fully saturated rings. The molecule has 1 aromatic rings. The summed E-state index contributed by atoms with van der Waals surface area (Å²) in [6, 6.07) is 3.57. The summed E-state index contributed by atoms with van der Waals surface area (Å²) in [6.45, 7) is 2.66. The molecule has 0 bridgehead atoms. The number of hydrogen-bond acceptors (Lipinski definition) is 2. The molecule has 2 atom stereocenters. The second kappa shape index (κ2) is 6.67. The third kappa shape index (κ3) is 4.06. The van der Waals surface area contributed by atoms with Crippen LogP contribution in [0.25, 0.3) is 0 Å². The molecule has 0 aromatic heterocycles. The molecule has 17 heavy (non-hydrogen) atoms. The zero-order chi connectivity index (χ0) is 12.8. The van der Waals surface area contributed by atoms with Gasteiger partial charge in [0, 0.05) is 31.4 Å². The summed E-state index contributed by atoms with van der Waals surface area (Å²) in [6.07, 6.45) is 0.743. The molecule has 2 unspecified atom stereocenters. The normalized spacial score (nSPS) is 14.6. The van der Waals surface area contributed by atoms with Crippen molar-refractivity contribution >= 4 is 0 Å². The number of benzene rings is 1. The van der Waals surface area contributed by atoms with Gasteiger partial charge in [0.25, 0.3) is 0 Å². The molecule has 0 radical (unpaired) electrons. The van der Waals surface area contributed by atoms with E-state index in [0.717, 1.165) is 12.5 Å². The van der Waals surface area contributed by atoms with Crippen LogP contribution >= 0.6 is 0 Å². The van der Waals surface area contributed by atoms with Gasteiger partial charge in [-0.05, 0) is 25.5 Å². The Kier molecular flexibility index (Phi) is 5.51. The van der Waals surface area contributed by atoms with Gasteiger partial charge in [-0.3, -0.25) is 0 Å². The van der Waals surface area contributed by atoms with Crippen molar-refractivity contribution in [2.45, 2.75) is 19.4 Å². The van der Waals surface area contributed by atoms with Gasteiger partial charge in [-0.25, -0.2) is 8.78 Å². The van der Waals surface area contributed by atoms with Gasteiger partial charge in [-0.1, -0.05) is 13.0 Å². The Morgan fingerprint density at radius 1 is 1.35 bits per heavy atom. The maximum Gasteiger partial charge on any atom is 0.130 e. The molecular weight excluding hydrogens is 224 g/mol. The van der Waals surface area contributed by atoms with Crippen LogP contribution in [-0.2, 0) is 4.74 Å². The van der Waals surface area contributed by atoms with Crippen molar-refractivity contribution in [1.82, 2.24) is 5.32 Å². The van der Waals surface area contributed by atoms with E-state index in [-0.39, 0.29) is 6.04 Å². The van der Waals surface area contributed by atoms with E-state index in [2.05, 4.69) is 5.32 Å². The summed E-state index contributed by atoms with van der Waals surface area (Å²) in [4.78, 5) is 0. The minimum Gasteiger partial charge on any atom is -0.384 e. The molecule has 0 spiro atoms. The lowest BCUT2D eigenvalue weighted by Crippen LogP contribution is -2.21. The summed E-state index contributed by atoms with van der Waals surface area (Å²) in [5, 5.41) is 3.05. The van der Waals surface area contributed by atoms with Crippen LogP contribution in [0.1, 0.15) is 24.9 Å². The average molecular weight is 243 g/mol. The molecule has 1 rings (SSSR count). The Labute approximate surface area is 101 Å². The first-order valence-corrected chi connectivity index (χ1v) is 5.69. The van der Waals surface area contributed by atoms with Crippen molar-refractivity contribution in [1.29, 1.82) is 0 Å².